The van der Waals surface area contributed by atoms with Gasteiger partial charge in [-0.2, -0.15) is 0 Å². The Hall–Kier alpha value is -3.16. The molecule has 1 aromatic rings. The minimum atomic E-state index is -0.764. The van der Waals surface area contributed by atoms with Crippen molar-refractivity contribution in [1.82, 2.24) is 0 Å². The Morgan fingerprint density at radius 1 is 0.784 bits per heavy atom. The Bertz CT molecular complexity index is 1610. The van der Waals surface area contributed by atoms with Gasteiger partial charge in [0.25, 0.3) is 0 Å². The van der Waals surface area contributed by atoms with E-state index in [1.165, 1.54) is 31.9 Å². The van der Waals surface area contributed by atoms with Crippen molar-refractivity contribution in [2.24, 2.45) is 50.2 Å². The van der Waals surface area contributed by atoms with E-state index in [0.717, 1.165) is 57.1 Å². The van der Waals surface area contributed by atoms with Crippen molar-refractivity contribution < 1.29 is 33.4 Å². The molecule has 10 atom stereocenters. The van der Waals surface area contributed by atoms with Crippen molar-refractivity contribution in [3.05, 3.63) is 41.5 Å². The fourth-order valence-electron chi connectivity index (χ4n) is 12.6. The SMILES string of the molecule is CC(=O)OC[C@@]1(C)C2CC[C@]3(C)C(CC=C4C5CC(C)(C)CC[C@]5(C(=O)Nc5ccc(C)cc5)CC[C@]43C)[C@@]2(C)C[C@@H](OC(C)=O)[C@@H]1OC(C)=O. The first kappa shape index (κ1) is 37.6. The lowest BCUT2D eigenvalue weighted by Crippen LogP contribution is -2.69. The van der Waals surface area contributed by atoms with Crippen molar-refractivity contribution >= 4 is 29.5 Å². The van der Waals surface area contributed by atoms with Crippen LogP contribution in [-0.4, -0.2) is 42.6 Å². The summed E-state index contributed by atoms with van der Waals surface area (Å²) in [5.41, 5.74) is 1.86. The molecule has 5 aliphatic carbocycles. The molecular formula is C43H61NO7. The molecule has 0 aliphatic heterocycles. The molecule has 0 spiro atoms. The number of fused-ring (bicyclic) bond motifs is 7. The molecule has 0 saturated heterocycles. The van der Waals surface area contributed by atoms with Gasteiger partial charge in [-0.3, -0.25) is 19.2 Å². The Morgan fingerprint density at radius 2 is 1.43 bits per heavy atom. The van der Waals surface area contributed by atoms with Gasteiger partial charge in [0.1, 0.15) is 18.8 Å². The topological polar surface area (TPSA) is 108 Å². The molecule has 1 aromatic carbocycles. The first-order valence-corrected chi connectivity index (χ1v) is 19.3. The summed E-state index contributed by atoms with van der Waals surface area (Å²) in [7, 11) is 0. The number of esters is 3. The maximum atomic E-state index is 14.6. The minimum absolute atomic E-state index is 0.0497. The molecule has 5 aliphatic rings. The van der Waals surface area contributed by atoms with Crippen LogP contribution in [0.1, 0.15) is 126 Å². The summed E-state index contributed by atoms with van der Waals surface area (Å²) in [5.74, 6) is -0.660. The summed E-state index contributed by atoms with van der Waals surface area (Å²) in [6.07, 6.45) is 9.01. The van der Waals surface area contributed by atoms with Crippen LogP contribution in [-0.2, 0) is 33.4 Å². The van der Waals surface area contributed by atoms with Crippen molar-refractivity contribution in [3.8, 4) is 0 Å². The predicted molar refractivity (Wildman–Crippen MR) is 196 cm³/mol. The molecule has 0 bridgehead atoms. The quantitative estimate of drug-likeness (QED) is 0.179. The number of hydrogen-bond acceptors (Lipinski definition) is 7. The molecule has 8 heteroatoms. The molecule has 280 valence electrons. The normalized spacial score (nSPS) is 40.9. The standard InChI is InChI=1S/C43H61NO7/c1-26-11-13-30(14-12-26)44-37(48)43-21-19-38(5,6)23-32(43)31-15-16-35-39(7)24-33(50-28(3)46)36(51-29(4)47)40(8,25-49-27(2)45)34(39)17-18-42(35,10)41(31,9)20-22-43/h11-15,32-36H,16-25H2,1-10H3,(H,44,48)/t32?,33-,34?,35?,36+,39+,40+,41-,42-,43+/m1/s1. The molecular weight excluding hydrogens is 642 g/mol. The van der Waals surface area contributed by atoms with E-state index in [-0.39, 0.29) is 57.9 Å². The number of carbonyl (C=O) groups excluding carboxylic acids is 4. The number of ether oxygens (including phenoxy) is 3. The molecule has 4 saturated carbocycles. The molecule has 3 unspecified atom stereocenters. The zero-order valence-electron chi connectivity index (χ0n) is 32.7. The average Bonchev–Trinajstić information content (AvgIpc) is 3.02. The number of benzene rings is 1. The molecule has 0 radical (unpaired) electrons. The number of nitrogens with one attached hydrogen (secondary N) is 1. The van der Waals surface area contributed by atoms with Gasteiger partial charge >= 0.3 is 17.9 Å². The summed E-state index contributed by atoms with van der Waals surface area (Å²) < 4.78 is 17.8. The van der Waals surface area contributed by atoms with E-state index in [1.54, 1.807) is 0 Å². The van der Waals surface area contributed by atoms with Crippen molar-refractivity contribution in [2.75, 3.05) is 11.9 Å². The van der Waals surface area contributed by atoms with Crippen molar-refractivity contribution in [3.63, 3.8) is 0 Å². The Labute approximate surface area is 305 Å². The number of rotatable bonds is 6. The van der Waals surface area contributed by atoms with Gasteiger partial charge in [0.2, 0.25) is 5.91 Å². The van der Waals surface area contributed by atoms with E-state index in [2.05, 4.69) is 72.0 Å². The van der Waals surface area contributed by atoms with Crippen molar-refractivity contribution in [2.45, 2.75) is 139 Å². The Morgan fingerprint density at radius 3 is 2.06 bits per heavy atom. The summed E-state index contributed by atoms with van der Waals surface area (Å²) in [5, 5.41) is 3.36. The zero-order chi connectivity index (χ0) is 37.4. The Balaban J connectivity index is 1.42. The average molecular weight is 704 g/mol. The summed E-state index contributed by atoms with van der Waals surface area (Å²) in [6.45, 7) is 20.4. The summed E-state index contributed by atoms with van der Waals surface area (Å²) in [4.78, 5) is 51.9. The van der Waals surface area contributed by atoms with Gasteiger partial charge in [-0.25, -0.2) is 0 Å². The van der Waals surface area contributed by atoms with Gasteiger partial charge in [0.15, 0.2) is 0 Å². The fraction of sp³-hybridized carbons (Fsp3) is 0.721. The maximum absolute atomic E-state index is 14.6. The monoisotopic (exact) mass is 703 g/mol. The van der Waals surface area contributed by atoms with Gasteiger partial charge in [-0.15, -0.1) is 0 Å². The Kier molecular flexibility index (Phi) is 9.40. The van der Waals surface area contributed by atoms with Gasteiger partial charge in [0, 0.05) is 31.9 Å². The third-order valence-electron chi connectivity index (χ3n) is 15.3. The number of aryl methyl sites for hydroxylation is 1. The molecule has 0 heterocycles. The van der Waals surface area contributed by atoms with Crippen LogP contribution in [0, 0.1) is 57.2 Å². The second-order valence-electron chi connectivity index (χ2n) is 18.9. The highest BCUT2D eigenvalue weighted by molar-refractivity contribution is 5.96. The van der Waals surface area contributed by atoms with Crippen LogP contribution in [0.2, 0.25) is 0 Å². The van der Waals surface area contributed by atoms with Crippen LogP contribution in [0.15, 0.2) is 35.9 Å². The van der Waals surface area contributed by atoms with Crippen LogP contribution >= 0.6 is 0 Å². The lowest BCUT2D eigenvalue weighted by atomic mass is 9.33. The van der Waals surface area contributed by atoms with Crippen molar-refractivity contribution in [1.29, 1.82) is 0 Å². The van der Waals surface area contributed by atoms with Crippen LogP contribution in [0.3, 0.4) is 0 Å². The molecule has 1 N–H and O–H groups in total. The number of amides is 1. The number of carbonyl (C=O) groups is 4. The lowest BCUT2D eigenvalue weighted by Gasteiger charge is -2.71. The number of hydrogen-bond donors (Lipinski definition) is 1. The van der Waals surface area contributed by atoms with Gasteiger partial charge in [0.05, 0.1) is 5.41 Å². The first-order valence-electron chi connectivity index (χ1n) is 19.3. The minimum Gasteiger partial charge on any atom is -0.465 e. The molecule has 51 heavy (non-hydrogen) atoms. The highest BCUT2D eigenvalue weighted by Gasteiger charge is 2.71. The number of allylic oxidation sites excluding steroid dienone is 2. The molecule has 1 amide bonds. The van der Waals surface area contributed by atoms with Crippen LogP contribution in [0.5, 0.6) is 0 Å². The highest BCUT2D eigenvalue weighted by Crippen LogP contribution is 2.76. The largest absolute Gasteiger partial charge is 0.465 e. The second kappa shape index (κ2) is 12.8. The molecule has 8 nitrogen and oxygen atoms in total. The zero-order valence-corrected chi connectivity index (χ0v) is 32.7. The third-order valence-corrected chi connectivity index (χ3v) is 15.3. The second-order valence-corrected chi connectivity index (χ2v) is 18.9. The van der Waals surface area contributed by atoms with E-state index >= 15 is 0 Å². The van der Waals surface area contributed by atoms with Gasteiger partial charge < -0.3 is 19.5 Å². The molecule has 0 aromatic heterocycles. The van der Waals surface area contributed by atoms with Gasteiger partial charge in [-0.05, 0) is 116 Å². The van der Waals surface area contributed by atoms with Crippen LogP contribution < -0.4 is 5.32 Å². The van der Waals surface area contributed by atoms with E-state index in [4.69, 9.17) is 14.2 Å². The smallest absolute Gasteiger partial charge is 0.303 e. The lowest BCUT2D eigenvalue weighted by molar-refractivity contribution is -0.255. The van der Waals surface area contributed by atoms with Crippen LogP contribution in [0.25, 0.3) is 0 Å². The van der Waals surface area contributed by atoms with E-state index in [9.17, 15) is 19.2 Å². The maximum Gasteiger partial charge on any atom is 0.303 e. The van der Waals surface area contributed by atoms with E-state index in [0.29, 0.717) is 6.42 Å². The van der Waals surface area contributed by atoms with Gasteiger partial charge in [-0.1, -0.05) is 70.9 Å². The highest BCUT2D eigenvalue weighted by atomic mass is 16.6. The summed E-state index contributed by atoms with van der Waals surface area (Å²) >= 11 is 0. The summed E-state index contributed by atoms with van der Waals surface area (Å²) in [6, 6.07) is 8.13. The number of anilines is 1. The molecule has 4 fully saturated rings. The fourth-order valence-corrected chi connectivity index (χ4v) is 12.6. The predicted octanol–water partition coefficient (Wildman–Crippen LogP) is 8.75. The first-order chi connectivity index (χ1) is 23.7. The van der Waals surface area contributed by atoms with E-state index in [1.807, 2.05) is 12.1 Å². The molecule has 6 rings (SSSR count). The van der Waals surface area contributed by atoms with E-state index < -0.39 is 35.0 Å². The third kappa shape index (κ3) is 6.04. The van der Waals surface area contributed by atoms with Crippen LogP contribution in [0.4, 0.5) is 5.69 Å².